The molecule has 2 N–H and O–H groups in total. The van der Waals surface area contributed by atoms with Crippen LogP contribution in [-0.4, -0.2) is 46.9 Å². The molecule has 1 aliphatic rings. The van der Waals surface area contributed by atoms with Crippen LogP contribution in [0.4, 0.5) is 5.69 Å². The molecule has 9 heteroatoms. The number of morpholine rings is 1. The van der Waals surface area contributed by atoms with E-state index < -0.39 is 29.2 Å². The molecule has 23 heavy (non-hydrogen) atoms. The number of halogens is 1. The Hall–Kier alpha value is -1.80. The topological polar surface area (TPSA) is 105 Å². The van der Waals surface area contributed by atoms with Crippen molar-refractivity contribution in [1.29, 1.82) is 0 Å². The summed E-state index contributed by atoms with van der Waals surface area (Å²) in [5.41, 5.74) is -0.472. The molecule has 1 saturated heterocycles. The Morgan fingerprint density at radius 3 is 2.30 bits per heavy atom. The number of carboxylic acid groups (broad SMARTS) is 1. The van der Waals surface area contributed by atoms with Crippen molar-refractivity contribution < 1.29 is 14.6 Å². The maximum atomic E-state index is 12.8. The molecule has 130 valence electrons. The molecule has 2 heterocycles. The van der Waals surface area contributed by atoms with Crippen LogP contribution in [0.25, 0.3) is 0 Å². The first-order valence-electron chi connectivity index (χ1n) is 7.25. The SMILES string of the molecule is Cc1[nH]c(=O)n([C@H](C(=O)O)C(C)C)c(=O)c1N1CCOCC1.Cl. The lowest BCUT2D eigenvalue weighted by molar-refractivity contribution is -0.142. The van der Waals surface area contributed by atoms with Gasteiger partial charge >= 0.3 is 11.7 Å². The van der Waals surface area contributed by atoms with E-state index in [0.717, 1.165) is 4.57 Å². The van der Waals surface area contributed by atoms with Crippen LogP contribution in [0.2, 0.25) is 0 Å². The average molecular weight is 348 g/mol. The average Bonchev–Trinajstić information content (AvgIpc) is 2.43. The smallest absolute Gasteiger partial charge is 0.329 e. The minimum absolute atomic E-state index is 0. The van der Waals surface area contributed by atoms with Crippen molar-refractivity contribution in [1.82, 2.24) is 9.55 Å². The van der Waals surface area contributed by atoms with Crippen LogP contribution >= 0.6 is 12.4 Å². The van der Waals surface area contributed by atoms with Gasteiger partial charge in [0.1, 0.15) is 11.7 Å². The third-order valence-electron chi connectivity index (χ3n) is 3.78. The summed E-state index contributed by atoms with van der Waals surface area (Å²) in [6, 6.07) is -1.20. The van der Waals surface area contributed by atoms with Gasteiger partial charge in [-0.25, -0.2) is 14.2 Å². The number of H-pyrrole nitrogens is 1. The standard InChI is InChI=1S/C14H21N3O5.ClH/c1-8(2)10(13(19)20)17-12(18)11(9(3)15-14(17)21)16-4-6-22-7-5-16;/h8,10H,4-7H2,1-3H3,(H,15,21)(H,19,20);1H/t10-;/m0./s1. The van der Waals surface area contributed by atoms with Crippen LogP contribution in [-0.2, 0) is 9.53 Å². The third kappa shape index (κ3) is 3.76. The Labute approximate surface area is 139 Å². The first-order valence-corrected chi connectivity index (χ1v) is 7.25. The number of aliphatic carboxylic acids is 1. The molecule has 1 aromatic rings. The Balaban J connectivity index is 0.00000264. The molecule has 1 aliphatic heterocycles. The number of aromatic amines is 1. The molecule has 0 aliphatic carbocycles. The zero-order valence-corrected chi connectivity index (χ0v) is 14.2. The van der Waals surface area contributed by atoms with E-state index in [1.807, 2.05) is 4.90 Å². The summed E-state index contributed by atoms with van der Waals surface area (Å²) in [6.45, 7) is 7.01. The van der Waals surface area contributed by atoms with E-state index in [1.165, 1.54) is 0 Å². The van der Waals surface area contributed by atoms with E-state index >= 15 is 0 Å². The van der Waals surface area contributed by atoms with Crippen molar-refractivity contribution >= 4 is 24.1 Å². The van der Waals surface area contributed by atoms with Crippen LogP contribution < -0.4 is 16.1 Å². The zero-order chi connectivity index (χ0) is 16.4. The molecule has 0 radical (unpaired) electrons. The van der Waals surface area contributed by atoms with Gasteiger partial charge in [-0.05, 0) is 12.8 Å². The molecular formula is C14H22ClN3O5. The number of carbonyl (C=O) groups is 1. The molecule has 8 nitrogen and oxygen atoms in total. The summed E-state index contributed by atoms with van der Waals surface area (Å²) in [4.78, 5) is 40.8. The van der Waals surface area contributed by atoms with E-state index in [1.54, 1.807) is 20.8 Å². The van der Waals surface area contributed by atoms with E-state index in [2.05, 4.69) is 4.98 Å². The molecule has 0 bridgehead atoms. The maximum Gasteiger partial charge on any atom is 0.329 e. The van der Waals surface area contributed by atoms with Gasteiger partial charge in [-0.15, -0.1) is 12.4 Å². The first kappa shape index (κ1) is 19.2. The Bertz CT molecular complexity index is 676. The number of hydrogen-bond donors (Lipinski definition) is 2. The molecular weight excluding hydrogens is 326 g/mol. The van der Waals surface area contributed by atoms with E-state index in [0.29, 0.717) is 37.7 Å². The van der Waals surface area contributed by atoms with Gasteiger partial charge in [0.15, 0.2) is 0 Å². The number of ether oxygens (including phenoxy) is 1. The monoisotopic (exact) mass is 347 g/mol. The quantitative estimate of drug-likeness (QED) is 0.816. The lowest BCUT2D eigenvalue weighted by atomic mass is 10.0. The highest BCUT2D eigenvalue weighted by atomic mass is 35.5. The van der Waals surface area contributed by atoms with Gasteiger partial charge in [-0.3, -0.25) is 4.79 Å². The van der Waals surface area contributed by atoms with E-state index in [9.17, 15) is 19.5 Å². The summed E-state index contributed by atoms with van der Waals surface area (Å²) in [5, 5.41) is 9.37. The van der Waals surface area contributed by atoms with Gasteiger partial charge in [0, 0.05) is 18.8 Å². The van der Waals surface area contributed by atoms with Crippen molar-refractivity contribution in [3.63, 3.8) is 0 Å². The highest BCUT2D eigenvalue weighted by Crippen LogP contribution is 2.18. The molecule has 1 fully saturated rings. The molecule has 0 saturated carbocycles. The molecule has 0 aromatic carbocycles. The summed E-state index contributed by atoms with van der Waals surface area (Å²) < 4.78 is 6.07. The first-order chi connectivity index (χ1) is 10.3. The number of carboxylic acids is 1. The summed E-state index contributed by atoms with van der Waals surface area (Å²) >= 11 is 0. The predicted molar refractivity (Wildman–Crippen MR) is 87.9 cm³/mol. The number of rotatable bonds is 4. The number of hydrogen-bond acceptors (Lipinski definition) is 5. The largest absolute Gasteiger partial charge is 0.480 e. The second-order valence-corrected chi connectivity index (χ2v) is 5.71. The van der Waals surface area contributed by atoms with Crippen LogP contribution in [0, 0.1) is 12.8 Å². The number of nitrogens with zero attached hydrogens (tertiary/aromatic N) is 2. The summed E-state index contributed by atoms with van der Waals surface area (Å²) in [6.07, 6.45) is 0. The number of nitrogens with one attached hydrogen (secondary N) is 1. The fourth-order valence-electron chi connectivity index (χ4n) is 2.75. The number of anilines is 1. The zero-order valence-electron chi connectivity index (χ0n) is 13.4. The van der Waals surface area contributed by atoms with Gasteiger partial charge in [0.05, 0.1) is 13.2 Å². The number of aromatic nitrogens is 2. The van der Waals surface area contributed by atoms with E-state index in [4.69, 9.17) is 4.74 Å². The molecule has 0 amide bonds. The Morgan fingerprint density at radius 2 is 1.83 bits per heavy atom. The molecule has 0 spiro atoms. The summed E-state index contributed by atoms with van der Waals surface area (Å²) in [7, 11) is 0. The van der Waals surface area contributed by atoms with Gasteiger partial charge in [-0.2, -0.15) is 0 Å². The fraction of sp³-hybridized carbons (Fsp3) is 0.643. The molecule has 1 atom stereocenters. The van der Waals surface area contributed by atoms with Crippen molar-refractivity contribution in [2.45, 2.75) is 26.8 Å². The van der Waals surface area contributed by atoms with Crippen molar-refractivity contribution in [3.05, 3.63) is 26.5 Å². The second kappa shape index (κ2) is 7.65. The normalized spacial score (nSPS) is 16.1. The van der Waals surface area contributed by atoms with Gasteiger partial charge in [0.25, 0.3) is 5.56 Å². The van der Waals surface area contributed by atoms with Gasteiger partial charge in [-0.1, -0.05) is 13.8 Å². The molecule has 2 rings (SSSR count). The van der Waals surface area contributed by atoms with Crippen LogP contribution in [0.1, 0.15) is 25.6 Å². The van der Waals surface area contributed by atoms with E-state index in [-0.39, 0.29) is 12.4 Å². The predicted octanol–water partition coefficient (Wildman–Crippen LogP) is 0.385. The fourth-order valence-corrected chi connectivity index (χ4v) is 2.75. The van der Waals surface area contributed by atoms with Crippen LogP contribution in [0.15, 0.2) is 9.59 Å². The lowest BCUT2D eigenvalue weighted by Gasteiger charge is -2.30. The minimum Gasteiger partial charge on any atom is -0.480 e. The maximum absolute atomic E-state index is 12.8. The molecule has 0 unspecified atom stereocenters. The van der Waals surface area contributed by atoms with Gasteiger partial charge < -0.3 is 19.7 Å². The lowest BCUT2D eigenvalue weighted by Crippen LogP contribution is -2.48. The van der Waals surface area contributed by atoms with Crippen molar-refractivity contribution in [3.8, 4) is 0 Å². The van der Waals surface area contributed by atoms with Crippen molar-refractivity contribution in [2.24, 2.45) is 5.92 Å². The third-order valence-corrected chi connectivity index (χ3v) is 3.78. The highest BCUT2D eigenvalue weighted by molar-refractivity contribution is 5.85. The van der Waals surface area contributed by atoms with Crippen LogP contribution in [0.5, 0.6) is 0 Å². The Kier molecular flexibility index (Phi) is 6.40. The van der Waals surface area contributed by atoms with Crippen LogP contribution in [0.3, 0.4) is 0 Å². The second-order valence-electron chi connectivity index (χ2n) is 5.71. The number of aryl methyl sites for hydroxylation is 1. The van der Waals surface area contributed by atoms with Crippen molar-refractivity contribution in [2.75, 3.05) is 31.2 Å². The highest BCUT2D eigenvalue weighted by Gasteiger charge is 2.29. The Morgan fingerprint density at radius 1 is 1.26 bits per heavy atom. The minimum atomic E-state index is -1.20. The van der Waals surface area contributed by atoms with Gasteiger partial charge in [0.2, 0.25) is 0 Å². The summed E-state index contributed by atoms with van der Waals surface area (Å²) in [5.74, 6) is -1.59. The molecule has 1 aromatic heterocycles.